The van der Waals surface area contributed by atoms with Crippen molar-refractivity contribution in [1.29, 1.82) is 0 Å². The third-order valence-corrected chi connectivity index (χ3v) is 3.64. The summed E-state index contributed by atoms with van der Waals surface area (Å²) in [7, 11) is 0. The number of carbonyl (C=O) groups excluding carboxylic acids is 1. The van der Waals surface area contributed by atoms with Crippen molar-refractivity contribution in [2.45, 2.75) is 32.5 Å². The smallest absolute Gasteiger partial charge is 0.253 e. The van der Waals surface area contributed by atoms with E-state index in [1.54, 1.807) is 12.1 Å². The number of anilines is 1. The van der Waals surface area contributed by atoms with Gasteiger partial charge in [-0.3, -0.25) is 9.69 Å². The highest BCUT2D eigenvalue weighted by molar-refractivity contribution is 5.98. The average Bonchev–Trinajstić information content (AvgIpc) is 2.43. The molecule has 116 valence electrons. The molecule has 1 aromatic rings. The van der Waals surface area contributed by atoms with Gasteiger partial charge in [-0.25, -0.2) is 0 Å². The summed E-state index contributed by atoms with van der Waals surface area (Å²) in [4.78, 5) is 14.4. The molecule has 1 aliphatic heterocycles. The van der Waals surface area contributed by atoms with E-state index < -0.39 is 0 Å². The maximum absolute atomic E-state index is 12.0. The largest absolute Gasteiger partial charge is 0.398 e. The Morgan fingerprint density at radius 3 is 2.67 bits per heavy atom. The van der Waals surface area contributed by atoms with Crippen molar-refractivity contribution in [2.24, 2.45) is 0 Å². The number of nitrogens with one attached hydrogen (secondary N) is 1. The molecule has 1 saturated heterocycles. The fourth-order valence-corrected chi connectivity index (χ4v) is 2.77. The molecule has 2 unspecified atom stereocenters. The molecule has 0 spiro atoms. The van der Waals surface area contributed by atoms with Gasteiger partial charge in [-0.05, 0) is 32.4 Å². The fraction of sp³-hybridized carbons (Fsp3) is 0.562. The Morgan fingerprint density at radius 2 is 2.00 bits per heavy atom. The first kappa shape index (κ1) is 15.8. The molecule has 0 radical (unpaired) electrons. The minimum atomic E-state index is -0.100. The lowest BCUT2D eigenvalue weighted by Crippen LogP contribution is -2.46. The molecule has 0 bridgehead atoms. The zero-order valence-corrected chi connectivity index (χ0v) is 12.8. The summed E-state index contributed by atoms with van der Waals surface area (Å²) in [6.07, 6.45) is 1.50. The van der Waals surface area contributed by atoms with Crippen LogP contribution in [-0.2, 0) is 4.74 Å². The van der Waals surface area contributed by atoms with Crippen molar-refractivity contribution in [3.8, 4) is 0 Å². The highest BCUT2D eigenvalue weighted by atomic mass is 16.5. The predicted octanol–water partition coefficient (Wildman–Crippen LogP) is 1.50. The number of nitrogens with zero attached hydrogens (tertiary/aromatic N) is 1. The van der Waals surface area contributed by atoms with E-state index in [0.717, 1.165) is 26.1 Å². The van der Waals surface area contributed by atoms with Crippen LogP contribution in [0.1, 0.15) is 30.6 Å². The first-order valence-corrected chi connectivity index (χ1v) is 7.56. The fourth-order valence-electron chi connectivity index (χ4n) is 2.77. The van der Waals surface area contributed by atoms with Crippen LogP contribution in [0.2, 0.25) is 0 Å². The number of morpholine rings is 1. The summed E-state index contributed by atoms with van der Waals surface area (Å²) in [5.41, 5.74) is 6.86. The zero-order chi connectivity index (χ0) is 15.2. The summed E-state index contributed by atoms with van der Waals surface area (Å²) >= 11 is 0. The molecule has 3 N–H and O–H groups in total. The summed E-state index contributed by atoms with van der Waals surface area (Å²) in [5.74, 6) is -0.100. The van der Waals surface area contributed by atoms with E-state index in [0.29, 0.717) is 17.8 Å². The van der Waals surface area contributed by atoms with E-state index in [4.69, 9.17) is 10.5 Å². The molecule has 0 saturated carbocycles. The molecule has 5 nitrogen and oxygen atoms in total. The third-order valence-electron chi connectivity index (χ3n) is 3.64. The molecule has 1 aromatic carbocycles. The molecule has 0 aromatic heterocycles. The van der Waals surface area contributed by atoms with E-state index in [1.165, 1.54) is 0 Å². The Balaban J connectivity index is 1.70. The number of nitrogen functional groups attached to an aromatic ring is 1. The lowest BCUT2D eigenvalue weighted by molar-refractivity contribution is -0.0679. The van der Waals surface area contributed by atoms with E-state index in [9.17, 15) is 4.79 Å². The van der Waals surface area contributed by atoms with E-state index in [-0.39, 0.29) is 18.1 Å². The summed E-state index contributed by atoms with van der Waals surface area (Å²) in [6.45, 7) is 7.76. The second-order valence-corrected chi connectivity index (χ2v) is 5.71. The Hall–Kier alpha value is -1.59. The van der Waals surface area contributed by atoms with Gasteiger partial charge in [0.15, 0.2) is 0 Å². The Kier molecular flexibility index (Phi) is 5.59. The molecule has 2 atom stereocenters. The third kappa shape index (κ3) is 4.72. The maximum Gasteiger partial charge on any atom is 0.253 e. The molecule has 5 heteroatoms. The van der Waals surface area contributed by atoms with Crippen molar-refractivity contribution in [2.75, 3.05) is 31.9 Å². The summed E-state index contributed by atoms with van der Waals surface area (Å²) in [5, 5.41) is 2.92. The van der Waals surface area contributed by atoms with Crippen molar-refractivity contribution >= 4 is 11.6 Å². The van der Waals surface area contributed by atoms with Gasteiger partial charge in [-0.1, -0.05) is 12.1 Å². The Bertz CT molecular complexity index is 468. The number of para-hydroxylation sites is 1. The molecular formula is C16H25N3O2. The molecule has 1 aliphatic rings. The Labute approximate surface area is 126 Å². The van der Waals surface area contributed by atoms with Gasteiger partial charge < -0.3 is 15.8 Å². The summed E-state index contributed by atoms with van der Waals surface area (Å²) in [6, 6.07) is 7.13. The lowest BCUT2D eigenvalue weighted by atomic mass is 10.1. The molecule has 1 fully saturated rings. The van der Waals surface area contributed by atoms with Crippen molar-refractivity contribution < 1.29 is 9.53 Å². The van der Waals surface area contributed by atoms with Crippen molar-refractivity contribution in [1.82, 2.24) is 10.2 Å². The maximum atomic E-state index is 12.0. The minimum absolute atomic E-state index is 0.100. The van der Waals surface area contributed by atoms with Gasteiger partial charge >= 0.3 is 0 Å². The number of rotatable bonds is 5. The van der Waals surface area contributed by atoms with Gasteiger partial charge in [0, 0.05) is 31.9 Å². The van der Waals surface area contributed by atoms with Crippen LogP contribution in [-0.4, -0.2) is 49.2 Å². The zero-order valence-electron chi connectivity index (χ0n) is 12.8. The minimum Gasteiger partial charge on any atom is -0.398 e. The predicted molar refractivity (Wildman–Crippen MR) is 84.3 cm³/mol. The standard InChI is InChI=1S/C16H25N3O2/c1-12-10-19(11-13(2)21-12)9-5-8-18-16(20)14-6-3-4-7-15(14)17/h3-4,6-7,12-13H,5,8-11,17H2,1-2H3,(H,18,20). The molecule has 2 rings (SSSR count). The lowest BCUT2D eigenvalue weighted by Gasteiger charge is -2.35. The van der Waals surface area contributed by atoms with Crippen LogP contribution in [0.3, 0.4) is 0 Å². The Morgan fingerprint density at radius 1 is 1.33 bits per heavy atom. The highest BCUT2D eigenvalue weighted by Gasteiger charge is 2.21. The number of carbonyl (C=O) groups is 1. The molecule has 1 amide bonds. The number of hydrogen-bond donors (Lipinski definition) is 2. The van der Waals surface area contributed by atoms with Gasteiger partial charge in [-0.15, -0.1) is 0 Å². The monoisotopic (exact) mass is 291 g/mol. The number of amides is 1. The second-order valence-electron chi connectivity index (χ2n) is 5.71. The van der Waals surface area contributed by atoms with Crippen molar-refractivity contribution in [3.05, 3.63) is 29.8 Å². The van der Waals surface area contributed by atoms with Crippen LogP contribution in [0.5, 0.6) is 0 Å². The number of hydrogen-bond acceptors (Lipinski definition) is 4. The van der Waals surface area contributed by atoms with Gasteiger partial charge in [0.25, 0.3) is 5.91 Å². The summed E-state index contributed by atoms with van der Waals surface area (Å²) < 4.78 is 5.71. The average molecular weight is 291 g/mol. The number of ether oxygens (including phenoxy) is 1. The molecular weight excluding hydrogens is 266 g/mol. The molecule has 21 heavy (non-hydrogen) atoms. The van der Waals surface area contributed by atoms with Gasteiger partial charge in [0.1, 0.15) is 0 Å². The van der Waals surface area contributed by atoms with Crippen LogP contribution >= 0.6 is 0 Å². The van der Waals surface area contributed by atoms with Crippen molar-refractivity contribution in [3.63, 3.8) is 0 Å². The van der Waals surface area contributed by atoms with Gasteiger partial charge in [-0.2, -0.15) is 0 Å². The quantitative estimate of drug-likeness (QED) is 0.637. The van der Waals surface area contributed by atoms with Gasteiger partial charge in [0.2, 0.25) is 0 Å². The number of nitrogens with two attached hydrogens (primary N) is 1. The molecule has 0 aliphatic carbocycles. The topological polar surface area (TPSA) is 67.6 Å². The van der Waals surface area contributed by atoms with Crippen LogP contribution in [0.25, 0.3) is 0 Å². The first-order chi connectivity index (χ1) is 10.1. The second kappa shape index (κ2) is 7.43. The van der Waals surface area contributed by atoms with Gasteiger partial charge in [0.05, 0.1) is 17.8 Å². The number of benzene rings is 1. The van der Waals surface area contributed by atoms with Crippen LogP contribution < -0.4 is 11.1 Å². The van der Waals surface area contributed by atoms with Crippen LogP contribution in [0.15, 0.2) is 24.3 Å². The van der Waals surface area contributed by atoms with Crippen LogP contribution in [0, 0.1) is 0 Å². The highest BCUT2D eigenvalue weighted by Crippen LogP contribution is 2.11. The molecule has 1 heterocycles. The van der Waals surface area contributed by atoms with Crippen LogP contribution in [0.4, 0.5) is 5.69 Å². The first-order valence-electron chi connectivity index (χ1n) is 7.56. The SMILES string of the molecule is CC1CN(CCCNC(=O)c2ccccc2N)CC(C)O1. The van der Waals surface area contributed by atoms with E-state index in [2.05, 4.69) is 24.1 Å². The van der Waals surface area contributed by atoms with E-state index in [1.807, 2.05) is 12.1 Å². The van der Waals surface area contributed by atoms with E-state index >= 15 is 0 Å². The normalized spacial score (nSPS) is 23.0.